The number of hydrogen-bond acceptors (Lipinski definition) is 7. The van der Waals surface area contributed by atoms with E-state index in [4.69, 9.17) is 14.6 Å². The number of nitrogens with zero attached hydrogens (tertiary/aromatic N) is 2. The molecule has 2 N–H and O–H groups in total. The van der Waals surface area contributed by atoms with Gasteiger partial charge >= 0.3 is 18.2 Å². The van der Waals surface area contributed by atoms with Gasteiger partial charge in [0.1, 0.15) is 13.2 Å². The van der Waals surface area contributed by atoms with Gasteiger partial charge in [-0.2, -0.15) is 0 Å². The smallest absolute Gasteiger partial charge is 0.410 e. The van der Waals surface area contributed by atoms with Crippen LogP contribution in [0.4, 0.5) is 9.59 Å². The Bertz CT molecular complexity index is 1470. The van der Waals surface area contributed by atoms with Crippen molar-refractivity contribution in [1.29, 1.82) is 0 Å². The van der Waals surface area contributed by atoms with Gasteiger partial charge in [0, 0.05) is 31.7 Å². The number of amides is 3. The second kappa shape index (κ2) is 18.1. The topological polar surface area (TPSA) is 143 Å². The fraction of sp³-hybridized carbons (Fsp3) is 0.361. The lowest BCUT2D eigenvalue weighted by Gasteiger charge is -2.31. The Morgan fingerprint density at radius 3 is 1.60 bits per heavy atom. The number of nitrogens with one attached hydrogen (secondary N) is 1. The number of likely N-dealkylation sites (tertiary alicyclic amines) is 2. The monoisotopic (exact) mass is 643 g/mol. The normalized spacial score (nSPS) is 17.4. The predicted octanol–water partition coefficient (Wildman–Crippen LogP) is 5.15. The molecule has 5 rings (SSSR count). The number of aliphatic carboxylic acids is 1. The third-order valence-electron chi connectivity index (χ3n) is 8.01. The van der Waals surface area contributed by atoms with Crippen LogP contribution in [0.25, 0.3) is 0 Å². The van der Waals surface area contributed by atoms with Gasteiger partial charge in [0.25, 0.3) is 0 Å². The number of ether oxygens (including phenoxy) is 2. The van der Waals surface area contributed by atoms with Crippen molar-refractivity contribution >= 4 is 29.8 Å². The van der Waals surface area contributed by atoms with Crippen molar-refractivity contribution in [1.82, 2.24) is 15.1 Å². The summed E-state index contributed by atoms with van der Waals surface area (Å²) in [7, 11) is 0. The van der Waals surface area contributed by atoms with E-state index in [-0.39, 0.29) is 43.9 Å². The van der Waals surface area contributed by atoms with Crippen molar-refractivity contribution in [2.24, 2.45) is 11.8 Å². The van der Waals surface area contributed by atoms with E-state index >= 15 is 0 Å². The minimum atomic E-state index is -0.847. The lowest BCUT2D eigenvalue weighted by atomic mass is 9.97. The van der Waals surface area contributed by atoms with Gasteiger partial charge in [0.15, 0.2) is 5.78 Å². The Hall–Kier alpha value is -5.19. The number of benzene rings is 3. The minimum absolute atomic E-state index is 0.0438. The summed E-state index contributed by atoms with van der Waals surface area (Å²) in [6, 6.07) is 27.7. The molecule has 2 unspecified atom stereocenters. The molecule has 3 aromatic carbocycles. The molecular formula is C36H41N3O8. The lowest BCUT2D eigenvalue weighted by molar-refractivity contribution is -0.143. The molecule has 0 radical (unpaired) electrons. The fourth-order valence-corrected chi connectivity index (χ4v) is 5.36. The van der Waals surface area contributed by atoms with Gasteiger partial charge in [0.2, 0.25) is 5.91 Å². The summed E-state index contributed by atoms with van der Waals surface area (Å²) in [4.78, 5) is 62.7. The van der Waals surface area contributed by atoms with Gasteiger partial charge in [-0.05, 0) is 36.8 Å². The Kier molecular flexibility index (Phi) is 13.3. The number of Topliss-reactive ketones (excluding diaryl/α,β-unsaturated/α-hetero) is 1. The zero-order chi connectivity index (χ0) is 33.4. The molecule has 47 heavy (non-hydrogen) atoms. The van der Waals surface area contributed by atoms with Gasteiger partial charge in [-0.15, -0.1) is 0 Å². The van der Waals surface area contributed by atoms with Gasteiger partial charge in [0.05, 0.1) is 18.4 Å². The standard InChI is InChI=1S/C22H24N2O4.C14H17NO4/c25-20(18-10-5-2-6-11-18)14-23-21(26)19-12-7-13-24(15-19)22(27)28-16-17-8-3-1-4-9-17;16-13(17)12-7-4-8-15(9-12)14(18)19-10-11-5-2-1-3-6-11/h1-6,8-11,19H,7,12-16H2,(H,23,26);1-3,5-6,12H,4,7-10H2,(H,16,17). The van der Waals surface area contributed by atoms with Gasteiger partial charge in [-0.25, -0.2) is 9.59 Å². The van der Waals surface area contributed by atoms with E-state index in [1.165, 1.54) is 4.90 Å². The molecule has 11 heteroatoms. The van der Waals surface area contributed by atoms with Crippen LogP contribution in [0.3, 0.4) is 0 Å². The van der Waals surface area contributed by atoms with Crippen molar-refractivity contribution in [3.05, 3.63) is 108 Å². The molecule has 2 aliphatic rings. The van der Waals surface area contributed by atoms with Gasteiger partial charge < -0.3 is 29.7 Å². The molecule has 2 aliphatic heterocycles. The van der Waals surface area contributed by atoms with Crippen LogP contribution in [-0.4, -0.2) is 77.5 Å². The van der Waals surface area contributed by atoms with E-state index in [1.807, 2.05) is 66.7 Å². The molecule has 0 saturated carbocycles. The summed E-state index contributed by atoms with van der Waals surface area (Å²) < 4.78 is 10.5. The number of carbonyl (C=O) groups is 5. The molecule has 2 heterocycles. The van der Waals surface area contributed by atoms with Crippen LogP contribution >= 0.6 is 0 Å². The third-order valence-corrected chi connectivity index (χ3v) is 8.01. The number of carboxylic acid groups (broad SMARTS) is 1. The first-order chi connectivity index (χ1) is 22.8. The number of carbonyl (C=O) groups excluding carboxylic acids is 4. The third kappa shape index (κ3) is 11.3. The molecule has 11 nitrogen and oxygen atoms in total. The molecule has 0 spiro atoms. The second-order valence-corrected chi connectivity index (χ2v) is 11.5. The number of ketones is 1. The van der Waals surface area contributed by atoms with Crippen molar-refractivity contribution in [2.45, 2.75) is 38.9 Å². The zero-order valence-corrected chi connectivity index (χ0v) is 26.3. The van der Waals surface area contributed by atoms with Crippen LogP contribution in [0.1, 0.15) is 47.2 Å². The Morgan fingerprint density at radius 1 is 0.660 bits per heavy atom. The van der Waals surface area contributed by atoms with Crippen LogP contribution in [0, 0.1) is 11.8 Å². The minimum Gasteiger partial charge on any atom is -0.481 e. The predicted molar refractivity (Wildman–Crippen MR) is 173 cm³/mol. The summed E-state index contributed by atoms with van der Waals surface area (Å²) in [6.45, 7) is 2.06. The number of rotatable bonds is 9. The molecule has 0 bridgehead atoms. The van der Waals surface area contributed by atoms with E-state index in [1.54, 1.807) is 29.2 Å². The van der Waals surface area contributed by atoms with Crippen LogP contribution < -0.4 is 5.32 Å². The van der Waals surface area contributed by atoms with Crippen molar-refractivity contribution in [2.75, 3.05) is 32.7 Å². The number of hydrogen-bond donors (Lipinski definition) is 2. The highest BCUT2D eigenvalue weighted by atomic mass is 16.6. The average molecular weight is 644 g/mol. The van der Waals surface area contributed by atoms with Crippen LogP contribution in [0.2, 0.25) is 0 Å². The summed E-state index contributed by atoms with van der Waals surface area (Å²) in [6.07, 6.45) is 1.89. The van der Waals surface area contributed by atoms with Crippen LogP contribution in [0.15, 0.2) is 91.0 Å². The molecule has 2 saturated heterocycles. The highest BCUT2D eigenvalue weighted by Gasteiger charge is 2.30. The SMILES string of the molecule is O=C(CNC(=O)C1CCCN(C(=O)OCc2ccccc2)C1)c1ccccc1.O=C(O)C1CCCN(C(=O)OCc2ccccc2)C1. The van der Waals surface area contributed by atoms with Crippen molar-refractivity contribution in [3.8, 4) is 0 Å². The first kappa shape index (κ1) is 34.7. The number of piperidine rings is 2. The van der Waals surface area contributed by atoms with Crippen LogP contribution in [0.5, 0.6) is 0 Å². The Morgan fingerprint density at radius 2 is 1.11 bits per heavy atom. The quantitative estimate of drug-likeness (QED) is 0.305. The van der Waals surface area contributed by atoms with Crippen LogP contribution in [-0.2, 0) is 32.3 Å². The van der Waals surface area contributed by atoms with E-state index in [2.05, 4.69) is 5.32 Å². The summed E-state index contributed by atoms with van der Waals surface area (Å²) in [5.74, 6) is -1.99. The number of carboxylic acids is 1. The molecular weight excluding hydrogens is 602 g/mol. The summed E-state index contributed by atoms with van der Waals surface area (Å²) in [5.41, 5.74) is 2.40. The highest BCUT2D eigenvalue weighted by Crippen LogP contribution is 2.19. The van der Waals surface area contributed by atoms with Gasteiger partial charge in [-0.1, -0.05) is 91.0 Å². The van der Waals surface area contributed by atoms with Gasteiger partial charge in [-0.3, -0.25) is 14.4 Å². The molecule has 2 fully saturated rings. The maximum atomic E-state index is 12.4. The van der Waals surface area contributed by atoms with Crippen molar-refractivity contribution < 1.29 is 38.6 Å². The maximum absolute atomic E-state index is 12.4. The average Bonchev–Trinajstić information content (AvgIpc) is 3.13. The highest BCUT2D eigenvalue weighted by molar-refractivity contribution is 5.99. The van der Waals surface area contributed by atoms with Crippen molar-refractivity contribution in [3.63, 3.8) is 0 Å². The second-order valence-electron chi connectivity index (χ2n) is 11.5. The van der Waals surface area contributed by atoms with E-state index in [9.17, 15) is 24.0 Å². The molecule has 248 valence electrons. The molecule has 0 aliphatic carbocycles. The largest absolute Gasteiger partial charge is 0.481 e. The first-order valence-electron chi connectivity index (χ1n) is 15.8. The maximum Gasteiger partial charge on any atom is 0.410 e. The fourth-order valence-electron chi connectivity index (χ4n) is 5.36. The van der Waals surface area contributed by atoms with E-state index < -0.39 is 24.1 Å². The molecule has 3 aromatic rings. The molecule has 3 amide bonds. The Labute approximate surface area is 274 Å². The van der Waals surface area contributed by atoms with E-state index in [0.29, 0.717) is 44.5 Å². The summed E-state index contributed by atoms with van der Waals surface area (Å²) in [5, 5.41) is 11.7. The lowest BCUT2D eigenvalue weighted by Crippen LogP contribution is -2.46. The molecule has 2 atom stereocenters. The summed E-state index contributed by atoms with van der Waals surface area (Å²) >= 11 is 0. The van der Waals surface area contributed by atoms with E-state index in [0.717, 1.165) is 17.5 Å². The Balaban J connectivity index is 0.000000229. The first-order valence-corrected chi connectivity index (χ1v) is 15.8. The molecule has 0 aromatic heterocycles. The zero-order valence-electron chi connectivity index (χ0n) is 26.3.